The van der Waals surface area contributed by atoms with Gasteiger partial charge in [-0.2, -0.15) is 0 Å². The molecule has 6 heteroatoms. The van der Waals surface area contributed by atoms with Crippen LogP contribution in [0, 0.1) is 0 Å². The van der Waals surface area contributed by atoms with Gasteiger partial charge in [-0.05, 0) is 50.9 Å². The first-order valence-corrected chi connectivity index (χ1v) is 9.77. The molecule has 1 saturated heterocycles. The van der Waals surface area contributed by atoms with Crippen molar-refractivity contribution in [2.75, 3.05) is 37.6 Å². The molecule has 3 heterocycles. The van der Waals surface area contributed by atoms with Gasteiger partial charge in [0.2, 0.25) is 5.95 Å². The maximum absolute atomic E-state index is 12.0. The van der Waals surface area contributed by atoms with E-state index in [2.05, 4.69) is 30.5 Å². The molecule has 2 aromatic rings. The van der Waals surface area contributed by atoms with E-state index in [4.69, 9.17) is 0 Å². The van der Waals surface area contributed by atoms with Gasteiger partial charge in [0.25, 0.3) is 0 Å². The van der Waals surface area contributed by atoms with Crippen molar-refractivity contribution in [3.8, 4) is 0 Å². The van der Waals surface area contributed by atoms with Crippen molar-refractivity contribution >= 4 is 11.7 Å². The fraction of sp³-hybridized carbons (Fsp3) is 0.550. The lowest BCUT2D eigenvalue weighted by Gasteiger charge is -2.22. The van der Waals surface area contributed by atoms with E-state index >= 15 is 0 Å². The Morgan fingerprint density at radius 3 is 2.73 bits per heavy atom. The molecular formula is C20H27N5O. The van der Waals surface area contributed by atoms with E-state index < -0.39 is 0 Å². The Kier molecular flexibility index (Phi) is 5.29. The summed E-state index contributed by atoms with van der Waals surface area (Å²) in [6.07, 6.45) is 10.8. The minimum absolute atomic E-state index is 0.320. The van der Waals surface area contributed by atoms with Crippen LogP contribution < -0.4 is 4.90 Å². The Morgan fingerprint density at radius 2 is 1.85 bits per heavy atom. The molecule has 0 amide bonds. The monoisotopic (exact) mass is 353 g/mol. The van der Waals surface area contributed by atoms with Gasteiger partial charge < -0.3 is 14.4 Å². The first kappa shape index (κ1) is 17.2. The van der Waals surface area contributed by atoms with Crippen LogP contribution in [0.2, 0.25) is 0 Å². The Hall–Kier alpha value is -2.21. The van der Waals surface area contributed by atoms with Crippen molar-refractivity contribution in [3.05, 3.63) is 42.0 Å². The summed E-state index contributed by atoms with van der Waals surface area (Å²) in [6.45, 7) is 6.30. The van der Waals surface area contributed by atoms with Gasteiger partial charge in [-0.1, -0.05) is 0 Å². The summed E-state index contributed by atoms with van der Waals surface area (Å²) in [5, 5.41) is 0. The standard InChI is InChI=1S/C20H27N5O/c26-19-6-1-5-18-17(19)7-14-24(18)12-3-10-23-11-4-13-25(16-15-23)20-21-8-2-9-22-20/h2,7-9,14H,1,3-6,10-13,15-16H2. The number of Topliss-reactive ketones (excluding diaryl/α,β-unsaturated/α-hetero) is 1. The highest BCUT2D eigenvalue weighted by Gasteiger charge is 2.20. The van der Waals surface area contributed by atoms with Gasteiger partial charge in [0.1, 0.15) is 0 Å². The van der Waals surface area contributed by atoms with Gasteiger partial charge in [-0.25, -0.2) is 9.97 Å². The summed E-state index contributed by atoms with van der Waals surface area (Å²) in [5.74, 6) is 1.17. The number of ketones is 1. The smallest absolute Gasteiger partial charge is 0.225 e. The van der Waals surface area contributed by atoms with Gasteiger partial charge in [0, 0.05) is 62.4 Å². The largest absolute Gasteiger partial charge is 0.351 e. The molecule has 1 aliphatic carbocycles. The second-order valence-corrected chi connectivity index (χ2v) is 7.23. The molecule has 2 aliphatic rings. The average Bonchev–Trinajstić information content (AvgIpc) is 2.94. The molecule has 0 bridgehead atoms. The van der Waals surface area contributed by atoms with Gasteiger partial charge in [-0.15, -0.1) is 0 Å². The number of carbonyl (C=O) groups excluding carboxylic acids is 1. The number of hydrogen-bond donors (Lipinski definition) is 0. The SMILES string of the molecule is O=C1CCCc2c1ccn2CCCN1CCCN(c2ncccn2)CC1. The van der Waals surface area contributed by atoms with Crippen LogP contribution in [0.1, 0.15) is 41.7 Å². The molecule has 4 rings (SSSR count). The topological polar surface area (TPSA) is 54.3 Å². The van der Waals surface area contributed by atoms with Crippen molar-refractivity contribution in [2.24, 2.45) is 0 Å². The molecule has 0 unspecified atom stereocenters. The summed E-state index contributed by atoms with van der Waals surface area (Å²) < 4.78 is 2.30. The average molecular weight is 353 g/mol. The minimum atomic E-state index is 0.320. The Balaban J connectivity index is 1.27. The predicted molar refractivity (Wildman–Crippen MR) is 102 cm³/mol. The van der Waals surface area contributed by atoms with Gasteiger partial charge in [-0.3, -0.25) is 4.79 Å². The van der Waals surface area contributed by atoms with Crippen LogP contribution in [0.4, 0.5) is 5.95 Å². The number of carbonyl (C=O) groups is 1. The summed E-state index contributed by atoms with van der Waals surface area (Å²) in [7, 11) is 0. The molecule has 0 N–H and O–H groups in total. The second kappa shape index (κ2) is 7.99. The lowest BCUT2D eigenvalue weighted by Crippen LogP contribution is -2.32. The van der Waals surface area contributed by atoms with Crippen LogP contribution in [-0.2, 0) is 13.0 Å². The number of fused-ring (bicyclic) bond motifs is 1. The van der Waals surface area contributed by atoms with Gasteiger partial charge in [0.15, 0.2) is 5.78 Å². The summed E-state index contributed by atoms with van der Waals surface area (Å²) in [4.78, 5) is 25.6. The van der Waals surface area contributed by atoms with Crippen molar-refractivity contribution in [3.63, 3.8) is 0 Å². The van der Waals surface area contributed by atoms with Crippen molar-refractivity contribution < 1.29 is 4.79 Å². The zero-order valence-corrected chi connectivity index (χ0v) is 15.3. The highest BCUT2D eigenvalue weighted by molar-refractivity contribution is 5.98. The molecule has 2 aromatic heterocycles. The van der Waals surface area contributed by atoms with Crippen LogP contribution in [0.5, 0.6) is 0 Å². The Labute approximate surface area is 154 Å². The molecule has 0 radical (unpaired) electrons. The van der Waals surface area contributed by atoms with E-state index in [0.717, 1.165) is 76.5 Å². The van der Waals surface area contributed by atoms with Crippen LogP contribution in [0.25, 0.3) is 0 Å². The highest BCUT2D eigenvalue weighted by Crippen LogP contribution is 2.22. The maximum Gasteiger partial charge on any atom is 0.225 e. The van der Waals surface area contributed by atoms with E-state index in [-0.39, 0.29) is 0 Å². The van der Waals surface area contributed by atoms with Crippen LogP contribution in [-0.4, -0.2) is 57.9 Å². The molecule has 1 fully saturated rings. The highest BCUT2D eigenvalue weighted by atomic mass is 16.1. The van der Waals surface area contributed by atoms with Crippen LogP contribution >= 0.6 is 0 Å². The van der Waals surface area contributed by atoms with E-state index in [9.17, 15) is 4.79 Å². The number of aryl methyl sites for hydroxylation is 1. The van der Waals surface area contributed by atoms with E-state index in [1.165, 1.54) is 5.69 Å². The van der Waals surface area contributed by atoms with Gasteiger partial charge in [0.05, 0.1) is 0 Å². The van der Waals surface area contributed by atoms with E-state index in [1.54, 1.807) is 0 Å². The zero-order valence-electron chi connectivity index (χ0n) is 15.3. The summed E-state index contributed by atoms with van der Waals surface area (Å²) in [6, 6.07) is 3.88. The molecule has 1 aliphatic heterocycles. The molecule has 0 atom stereocenters. The number of anilines is 1. The Bertz CT molecular complexity index is 742. The first-order valence-electron chi connectivity index (χ1n) is 9.77. The third kappa shape index (κ3) is 3.80. The lowest BCUT2D eigenvalue weighted by molar-refractivity contribution is 0.0971. The number of hydrogen-bond acceptors (Lipinski definition) is 5. The summed E-state index contributed by atoms with van der Waals surface area (Å²) >= 11 is 0. The van der Waals surface area contributed by atoms with E-state index in [1.807, 2.05) is 24.5 Å². The fourth-order valence-electron chi connectivity index (χ4n) is 4.11. The molecule has 0 saturated carbocycles. The number of rotatable bonds is 5. The van der Waals surface area contributed by atoms with Gasteiger partial charge >= 0.3 is 0 Å². The van der Waals surface area contributed by atoms with Crippen molar-refractivity contribution in [1.29, 1.82) is 0 Å². The molecule has 0 spiro atoms. The maximum atomic E-state index is 12.0. The third-order valence-electron chi connectivity index (χ3n) is 5.49. The Morgan fingerprint density at radius 1 is 0.962 bits per heavy atom. The molecular weight excluding hydrogens is 326 g/mol. The first-order chi connectivity index (χ1) is 12.8. The normalized spacial score (nSPS) is 18.6. The summed E-state index contributed by atoms with van der Waals surface area (Å²) in [5.41, 5.74) is 2.22. The fourth-order valence-corrected chi connectivity index (χ4v) is 4.11. The second-order valence-electron chi connectivity index (χ2n) is 7.23. The van der Waals surface area contributed by atoms with Crippen molar-refractivity contribution in [1.82, 2.24) is 19.4 Å². The minimum Gasteiger partial charge on any atom is -0.351 e. The van der Waals surface area contributed by atoms with E-state index in [0.29, 0.717) is 12.2 Å². The zero-order chi connectivity index (χ0) is 17.8. The molecule has 26 heavy (non-hydrogen) atoms. The lowest BCUT2D eigenvalue weighted by atomic mass is 9.97. The quantitative estimate of drug-likeness (QED) is 0.826. The van der Waals surface area contributed by atoms with Crippen molar-refractivity contribution in [2.45, 2.75) is 38.6 Å². The predicted octanol–water partition coefficient (Wildman–Crippen LogP) is 2.40. The van der Waals surface area contributed by atoms with Crippen LogP contribution in [0.15, 0.2) is 30.7 Å². The number of aromatic nitrogens is 3. The molecule has 6 nitrogen and oxygen atoms in total. The third-order valence-corrected chi connectivity index (χ3v) is 5.49. The number of nitrogens with zero attached hydrogens (tertiary/aromatic N) is 5. The van der Waals surface area contributed by atoms with Crippen LogP contribution in [0.3, 0.4) is 0 Å². The molecule has 138 valence electrons. The molecule has 0 aromatic carbocycles.